The molecule has 2 N–H and O–H groups in total. The van der Waals surface area contributed by atoms with Crippen LogP contribution < -0.4 is 10.2 Å². The molecule has 1 unspecified atom stereocenters. The number of aromatic nitrogens is 4. The van der Waals surface area contributed by atoms with Crippen molar-refractivity contribution >= 4 is 22.9 Å². The van der Waals surface area contributed by atoms with Crippen LogP contribution in [-0.4, -0.2) is 73.9 Å². The lowest BCUT2D eigenvalue weighted by molar-refractivity contribution is -0.137. The number of anilines is 2. The molecule has 0 amide bonds. The van der Waals surface area contributed by atoms with E-state index < -0.39 is 11.7 Å². The first-order valence-electron chi connectivity index (χ1n) is 12.8. The Morgan fingerprint density at radius 1 is 1.11 bits per heavy atom. The second-order valence-corrected chi connectivity index (χ2v) is 10.1. The number of aliphatic hydroxyl groups is 1. The number of hydrogen-bond donors (Lipinski definition) is 2. The molecule has 1 fully saturated rings. The van der Waals surface area contributed by atoms with Crippen molar-refractivity contribution in [2.45, 2.75) is 71.4 Å². The fourth-order valence-electron chi connectivity index (χ4n) is 5.00. The molecule has 0 aliphatic carbocycles. The number of rotatable bonds is 10. The second kappa shape index (κ2) is 11.2. The van der Waals surface area contributed by atoms with Crippen LogP contribution in [0.15, 0.2) is 30.6 Å². The summed E-state index contributed by atoms with van der Waals surface area (Å²) in [5, 5.41) is 13.3. The summed E-state index contributed by atoms with van der Waals surface area (Å²) < 4.78 is 40.8. The van der Waals surface area contributed by atoms with Crippen molar-refractivity contribution in [3.63, 3.8) is 0 Å². The van der Waals surface area contributed by atoms with Gasteiger partial charge in [-0.25, -0.2) is 4.98 Å². The molecule has 0 radical (unpaired) electrons. The van der Waals surface area contributed by atoms with Gasteiger partial charge in [0.2, 0.25) is 5.95 Å². The normalized spacial score (nSPS) is 16.6. The molecule has 0 bridgehead atoms. The smallest absolute Gasteiger partial charge is 0.394 e. The topological polar surface area (TPSA) is 82.3 Å². The highest BCUT2D eigenvalue weighted by atomic mass is 19.4. The molecular weight excluding hydrogens is 483 g/mol. The lowest BCUT2D eigenvalue weighted by atomic mass is 10.1. The van der Waals surface area contributed by atoms with Gasteiger partial charge in [-0.3, -0.25) is 4.90 Å². The maximum atomic E-state index is 13.0. The van der Waals surface area contributed by atoms with Crippen molar-refractivity contribution in [1.29, 1.82) is 0 Å². The summed E-state index contributed by atoms with van der Waals surface area (Å²) in [5.41, 5.74) is 1.24. The molecule has 37 heavy (non-hydrogen) atoms. The van der Waals surface area contributed by atoms with Gasteiger partial charge in [0.25, 0.3) is 0 Å². The van der Waals surface area contributed by atoms with E-state index in [9.17, 15) is 18.3 Å². The molecule has 1 aliphatic rings. The number of benzene rings is 1. The average Bonchev–Trinajstić information content (AvgIpc) is 3.48. The fraction of sp³-hybridized carbons (Fsp3) is 0.577. The number of fused-ring (bicyclic) bond motifs is 1. The van der Waals surface area contributed by atoms with Crippen molar-refractivity contribution in [3.05, 3.63) is 41.7 Å². The Kier molecular flexibility index (Phi) is 8.23. The van der Waals surface area contributed by atoms with Gasteiger partial charge in [-0.1, -0.05) is 12.1 Å². The highest BCUT2D eigenvalue weighted by Crippen LogP contribution is 2.30. The van der Waals surface area contributed by atoms with E-state index in [0.717, 1.165) is 38.1 Å². The Hall–Kier alpha value is -2.92. The molecule has 3 heterocycles. The maximum absolute atomic E-state index is 13.0. The number of aliphatic hydroxyl groups excluding tert-OH is 1. The molecule has 4 rings (SSSR count). The Balaban J connectivity index is 1.64. The number of nitrogens with one attached hydrogen (secondary N) is 1. The molecule has 0 saturated carbocycles. The van der Waals surface area contributed by atoms with Crippen LogP contribution in [0.3, 0.4) is 0 Å². The van der Waals surface area contributed by atoms with Gasteiger partial charge in [0, 0.05) is 31.7 Å². The van der Waals surface area contributed by atoms with E-state index in [1.807, 2.05) is 9.47 Å². The number of halogens is 3. The SMILES string of the molecule is CC(C)N(CCNc1nc(N2CCCC2CO)nc2c1ncn2Cc1ccc(C(F)(F)F)cc1)C(C)C. The van der Waals surface area contributed by atoms with Crippen LogP contribution in [0.25, 0.3) is 11.2 Å². The number of hydrogen-bond acceptors (Lipinski definition) is 7. The van der Waals surface area contributed by atoms with Crippen molar-refractivity contribution in [2.75, 3.05) is 36.5 Å². The van der Waals surface area contributed by atoms with E-state index in [4.69, 9.17) is 9.97 Å². The zero-order chi connectivity index (χ0) is 26.7. The Labute approximate surface area is 215 Å². The van der Waals surface area contributed by atoms with E-state index in [2.05, 4.69) is 42.9 Å². The van der Waals surface area contributed by atoms with Crippen LogP contribution in [0, 0.1) is 0 Å². The van der Waals surface area contributed by atoms with Crippen molar-refractivity contribution in [2.24, 2.45) is 0 Å². The first-order valence-corrected chi connectivity index (χ1v) is 12.8. The van der Waals surface area contributed by atoms with Gasteiger partial charge in [-0.05, 0) is 58.2 Å². The molecule has 1 saturated heterocycles. The molecular formula is C26H36F3N7O. The Morgan fingerprint density at radius 2 is 1.81 bits per heavy atom. The minimum absolute atomic E-state index is 0.0205. The highest BCUT2D eigenvalue weighted by Gasteiger charge is 2.30. The molecule has 2 aromatic heterocycles. The standard InChI is InChI=1S/C26H36F3N7O/c1-17(2)35(18(3)4)13-11-30-23-22-24(33-25(32-23)36-12-5-6-21(36)15-37)34(16-31-22)14-19-7-9-20(10-8-19)26(27,28)29/h7-10,16-18,21,37H,5-6,11-15H2,1-4H3,(H,30,32,33). The predicted octanol–water partition coefficient (Wildman–Crippen LogP) is 4.39. The van der Waals surface area contributed by atoms with Gasteiger partial charge in [0.15, 0.2) is 17.0 Å². The molecule has 8 nitrogen and oxygen atoms in total. The van der Waals surface area contributed by atoms with Crippen LogP contribution in [0.1, 0.15) is 51.7 Å². The monoisotopic (exact) mass is 519 g/mol. The van der Waals surface area contributed by atoms with Gasteiger partial charge in [-0.15, -0.1) is 0 Å². The fourth-order valence-corrected chi connectivity index (χ4v) is 5.00. The third kappa shape index (κ3) is 6.15. The summed E-state index contributed by atoms with van der Waals surface area (Å²) in [6.45, 7) is 11.3. The van der Waals surface area contributed by atoms with Crippen LogP contribution >= 0.6 is 0 Å². The van der Waals surface area contributed by atoms with Crippen LogP contribution in [0.5, 0.6) is 0 Å². The van der Waals surface area contributed by atoms with E-state index in [1.54, 1.807) is 6.33 Å². The number of imidazole rings is 1. The maximum Gasteiger partial charge on any atom is 0.416 e. The van der Waals surface area contributed by atoms with Gasteiger partial charge in [0.1, 0.15) is 0 Å². The van der Waals surface area contributed by atoms with Gasteiger partial charge in [0.05, 0.1) is 31.1 Å². The molecule has 1 aromatic carbocycles. The molecule has 0 spiro atoms. The van der Waals surface area contributed by atoms with E-state index >= 15 is 0 Å². The molecule has 1 aliphatic heterocycles. The zero-order valence-electron chi connectivity index (χ0n) is 21.8. The quantitative estimate of drug-likeness (QED) is 0.411. The lowest BCUT2D eigenvalue weighted by Crippen LogP contribution is -2.40. The first kappa shape index (κ1) is 27.1. The highest BCUT2D eigenvalue weighted by molar-refractivity contribution is 5.84. The molecule has 11 heteroatoms. The van der Waals surface area contributed by atoms with Crippen molar-refractivity contribution < 1.29 is 18.3 Å². The lowest BCUT2D eigenvalue weighted by Gasteiger charge is -2.30. The van der Waals surface area contributed by atoms with E-state index in [1.165, 1.54) is 12.1 Å². The molecule has 3 aromatic rings. The summed E-state index contributed by atoms with van der Waals surface area (Å²) in [7, 11) is 0. The van der Waals surface area contributed by atoms with Crippen molar-refractivity contribution in [3.8, 4) is 0 Å². The summed E-state index contributed by atoms with van der Waals surface area (Å²) in [6, 6.07) is 5.89. The van der Waals surface area contributed by atoms with Gasteiger partial charge < -0.3 is 19.9 Å². The number of nitrogens with zero attached hydrogens (tertiary/aromatic N) is 6. The van der Waals surface area contributed by atoms with E-state index in [0.29, 0.717) is 53.7 Å². The van der Waals surface area contributed by atoms with E-state index in [-0.39, 0.29) is 12.6 Å². The Morgan fingerprint density at radius 3 is 2.43 bits per heavy atom. The van der Waals surface area contributed by atoms with Gasteiger partial charge in [-0.2, -0.15) is 23.1 Å². The van der Waals surface area contributed by atoms with Crippen molar-refractivity contribution in [1.82, 2.24) is 24.4 Å². The minimum Gasteiger partial charge on any atom is -0.394 e. The third-order valence-corrected chi connectivity index (χ3v) is 6.92. The molecule has 202 valence electrons. The predicted molar refractivity (Wildman–Crippen MR) is 139 cm³/mol. The van der Waals surface area contributed by atoms with Crippen LogP contribution in [0.4, 0.5) is 24.9 Å². The average molecular weight is 520 g/mol. The van der Waals surface area contributed by atoms with Gasteiger partial charge >= 0.3 is 6.18 Å². The summed E-state index contributed by atoms with van der Waals surface area (Å²) >= 11 is 0. The Bertz CT molecular complexity index is 1170. The molecule has 1 atom stereocenters. The number of alkyl halides is 3. The summed E-state index contributed by atoms with van der Waals surface area (Å²) in [5.74, 6) is 1.13. The summed E-state index contributed by atoms with van der Waals surface area (Å²) in [4.78, 5) is 18.6. The third-order valence-electron chi connectivity index (χ3n) is 6.92. The first-order chi connectivity index (χ1) is 17.6. The largest absolute Gasteiger partial charge is 0.416 e. The summed E-state index contributed by atoms with van der Waals surface area (Å²) in [6.07, 6.45) is -0.919. The minimum atomic E-state index is -4.37. The second-order valence-electron chi connectivity index (χ2n) is 10.1. The van der Waals surface area contributed by atoms with Crippen LogP contribution in [-0.2, 0) is 12.7 Å². The van der Waals surface area contributed by atoms with Crippen LogP contribution in [0.2, 0.25) is 0 Å². The zero-order valence-corrected chi connectivity index (χ0v) is 21.8.